The van der Waals surface area contributed by atoms with Gasteiger partial charge in [-0.05, 0) is 12.3 Å². The van der Waals surface area contributed by atoms with E-state index in [1.807, 2.05) is 5.32 Å². The highest BCUT2D eigenvalue weighted by Gasteiger charge is 2.33. The Morgan fingerprint density at radius 2 is 1.41 bits per heavy atom. The van der Waals surface area contributed by atoms with E-state index in [-0.39, 0.29) is 12.8 Å². The van der Waals surface area contributed by atoms with Gasteiger partial charge in [0.1, 0.15) is 18.1 Å². The van der Waals surface area contributed by atoms with Gasteiger partial charge in [-0.2, -0.15) is 0 Å². The van der Waals surface area contributed by atoms with Gasteiger partial charge in [0, 0.05) is 6.42 Å². The molecule has 14 nitrogen and oxygen atoms in total. The van der Waals surface area contributed by atoms with Crippen LogP contribution in [0.2, 0.25) is 0 Å². The molecule has 0 aliphatic carbocycles. The summed E-state index contributed by atoms with van der Waals surface area (Å²) in [5.74, 6) is -7.57. The summed E-state index contributed by atoms with van der Waals surface area (Å²) in [6.45, 7) is 2.35. The minimum Gasteiger partial charge on any atom is -0.481 e. The van der Waals surface area contributed by atoms with Gasteiger partial charge in [-0.25, -0.2) is 4.79 Å². The van der Waals surface area contributed by atoms with Gasteiger partial charge in [-0.15, -0.1) is 0 Å². The largest absolute Gasteiger partial charge is 0.481 e. The Balaban J connectivity index is 5.46. The molecule has 0 aromatic rings. The van der Waals surface area contributed by atoms with E-state index in [0.717, 1.165) is 0 Å². The molecule has 0 saturated carbocycles. The van der Waals surface area contributed by atoms with Crippen LogP contribution in [-0.4, -0.2) is 86.8 Å². The summed E-state index contributed by atoms with van der Waals surface area (Å²) in [6, 6.07) is -5.87. The van der Waals surface area contributed by atoms with Crippen LogP contribution in [0.4, 0.5) is 0 Å². The van der Waals surface area contributed by atoms with E-state index in [4.69, 9.17) is 26.2 Å². The maximum Gasteiger partial charge on any atom is 0.328 e. The average Bonchev–Trinajstić information content (AvgIpc) is 2.71. The zero-order valence-corrected chi connectivity index (χ0v) is 17.7. The fraction of sp³-hybridized carbons (Fsp3) is 0.667. The number of hydrogen-bond donors (Lipinski definition) is 8. The lowest BCUT2D eigenvalue weighted by atomic mass is 9.97. The minimum atomic E-state index is -1.71. The summed E-state index contributed by atoms with van der Waals surface area (Å²) in [5.41, 5.74) is 5.64. The SMILES string of the molecule is CCC(C)C(NC(=O)C(N)CCC(=O)O)C(=O)NC(CC(=O)O)C(=O)NC(CO)C(=O)O. The molecule has 32 heavy (non-hydrogen) atoms. The Labute approximate surface area is 183 Å². The van der Waals surface area contributed by atoms with Crippen molar-refractivity contribution in [3.8, 4) is 0 Å². The Kier molecular flexibility index (Phi) is 12.5. The predicted octanol–water partition coefficient (Wildman–Crippen LogP) is -2.77. The van der Waals surface area contributed by atoms with Crippen LogP contribution < -0.4 is 21.7 Å². The number of rotatable bonds is 15. The summed E-state index contributed by atoms with van der Waals surface area (Å²) in [4.78, 5) is 70.0. The second-order valence-electron chi connectivity index (χ2n) is 7.15. The molecule has 0 aromatic carbocycles. The highest BCUT2D eigenvalue weighted by atomic mass is 16.4. The smallest absolute Gasteiger partial charge is 0.328 e. The summed E-state index contributed by atoms with van der Waals surface area (Å²) >= 11 is 0. The van der Waals surface area contributed by atoms with Crippen LogP contribution in [-0.2, 0) is 28.8 Å². The van der Waals surface area contributed by atoms with Gasteiger partial charge >= 0.3 is 17.9 Å². The summed E-state index contributed by atoms with van der Waals surface area (Å²) in [7, 11) is 0. The first-order valence-electron chi connectivity index (χ1n) is 9.77. The first-order chi connectivity index (χ1) is 14.8. The quantitative estimate of drug-likeness (QED) is 0.124. The van der Waals surface area contributed by atoms with Crippen molar-refractivity contribution in [3.63, 3.8) is 0 Å². The number of carbonyl (C=O) groups excluding carboxylic acids is 3. The van der Waals surface area contributed by atoms with E-state index in [1.54, 1.807) is 13.8 Å². The average molecular weight is 462 g/mol. The molecule has 0 spiro atoms. The lowest BCUT2D eigenvalue weighted by Crippen LogP contribution is -2.59. The molecule has 0 radical (unpaired) electrons. The number of aliphatic hydroxyl groups excluding tert-OH is 1. The first kappa shape index (κ1) is 28.7. The third-order valence-corrected chi connectivity index (χ3v) is 4.61. The fourth-order valence-corrected chi connectivity index (χ4v) is 2.48. The molecular weight excluding hydrogens is 432 g/mol. The predicted molar refractivity (Wildman–Crippen MR) is 107 cm³/mol. The van der Waals surface area contributed by atoms with Gasteiger partial charge in [0.2, 0.25) is 17.7 Å². The second-order valence-corrected chi connectivity index (χ2v) is 7.15. The maximum absolute atomic E-state index is 12.8. The highest BCUT2D eigenvalue weighted by Crippen LogP contribution is 2.10. The molecule has 9 N–H and O–H groups in total. The van der Waals surface area contributed by atoms with Crippen molar-refractivity contribution >= 4 is 35.6 Å². The van der Waals surface area contributed by atoms with Crippen molar-refractivity contribution in [2.24, 2.45) is 11.7 Å². The van der Waals surface area contributed by atoms with Crippen molar-refractivity contribution in [3.05, 3.63) is 0 Å². The Morgan fingerprint density at radius 1 is 0.844 bits per heavy atom. The topological polar surface area (TPSA) is 245 Å². The van der Waals surface area contributed by atoms with Crippen molar-refractivity contribution in [2.75, 3.05) is 6.61 Å². The van der Waals surface area contributed by atoms with Crippen LogP contribution in [0.25, 0.3) is 0 Å². The number of aliphatic hydroxyl groups is 1. The van der Waals surface area contributed by atoms with E-state index in [0.29, 0.717) is 6.42 Å². The van der Waals surface area contributed by atoms with Crippen molar-refractivity contribution in [2.45, 2.75) is 63.7 Å². The Bertz CT molecular complexity index is 714. The molecule has 0 saturated heterocycles. The third-order valence-electron chi connectivity index (χ3n) is 4.61. The third kappa shape index (κ3) is 10.2. The molecule has 5 atom stereocenters. The van der Waals surface area contributed by atoms with Crippen molar-refractivity contribution in [1.29, 1.82) is 0 Å². The molecule has 0 heterocycles. The zero-order chi connectivity index (χ0) is 25.0. The monoisotopic (exact) mass is 462 g/mol. The molecule has 0 bridgehead atoms. The molecule has 3 amide bonds. The molecule has 0 fully saturated rings. The van der Waals surface area contributed by atoms with E-state index in [9.17, 15) is 28.8 Å². The molecule has 182 valence electrons. The number of aliphatic carboxylic acids is 3. The van der Waals surface area contributed by atoms with Crippen molar-refractivity contribution in [1.82, 2.24) is 16.0 Å². The number of nitrogens with one attached hydrogen (secondary N) is 3. The fourth-order valence-electron chi connectivity index (χ4n) is 2.48. The number of carboxylic acids is 3. The van der Waals surface area contributed by atoms with Crippen LogP contribution >= 0.6 is 0 Å². The molecule has 0 aliphatic heterocycles. The van der Waals surface area contributed by atoms with Crippen LogP contribution in [0.3, 0.4) is 0 Å². The Hall–Kier alpha value is -3.26. The van der Waals surface area contributed by atoms with Gasteiger partial charge in [-0.1, -0.05) is 20.3 Å². The molecule has 0 aliphatic rings. The standard InChI is InChI=1S/C18H30N4O10/c1-3-8(2)14(22-15(28)9(19)4-5-12(24)25)17(30)20-10(6-13(26)27)16(29)21-11(7-23)18(31)32/h8-11,14,23H,3-7,19H2,1-2H3,(H,20,30)(H,21,29)(H,22,28)(H,24,25)(H,26,27)(H,31,32). The van der Waals surface area contributed by atoms with Crippen LogP contribution in [0.15, 0.2) is 0 Å². The summed E-state index contributed by atoms with van der Waals surface area (Å²) in [5, 5.41) is 42.1. The number of hydrogen-bond acceptors (Lipinski definition) is 8. The minimum absolute atomic E-state index is 0.183. The molecule has 0 rings (SSSR count). The lowest BCUT2D eigenvalue weighted by Gasteiger charge is -2.27. The first-order valence-corrected chi connectivity index (χ1v) is 9.77. The van der Waals surface area contributed by atoms with Crippen molar-refractivity contribution < 1.29 is 49.2 Å². The van der Waals surface area contributed by atoms with Gasteiger partial charge in [0.05, 0.1) is 19.1 Å². The molecule has 14 heteroatoms. The van der Waals surface area contributed by atoms with E-state index in [2.05, 4.69) is 10.6 Å². The van der Waals surface area contributed by atoms with Crippen LogP contribution in [0.5, 0.6) is 0 Å². The van der Waals surface area contributed by atoms with Gasteiger partial charge in [-0.3, -0.25) is 24.0 Å². The summed E-state index contributed by atoms with van der Waals surface area (Å²) < 4.78 is 0. The van der Waals surface area contributed by atoms with Gasteiger partial charge < -0.3 is 42.1 Å². The number of carbonyl (C=O) groups is 6. The van der Waals surface area contributed by atoms with Crippen LogP contribution in [0, 0.1) is 5.92 Å². The number of amides is 3. The summed E-state index contributed by atoms with van der Waals surface area (Å²) in [6.07, 6.45) is -1.05. The van der Waals surface area contributed by atoms with E-state index < -0.39 is 78.7 Å². The molecule has 5 unspecified atom stereocenters. The molecule has 0 aromatic heterocycles. The maximum atomic E-state index is 12.8. The van der Waals surface area contributed by atoms with E-state index >= 15 is 0 Å². The Morgan fingerprint density at radius 3 is 1.84 bits per heavy atom. The zero-order valence-electron chi connectivity index (χ0n) is 17.7. The number of carboxylic acid groups (broad SMARTS) is 3. The highest BCUT2D eigenvalue weighted by molar-refractivity contribution is 5.95. The van der Waals surface area contributed by atoms with Gasteiger partial charge in [0.15, 0.2) is 0 Å². The van der Waals surface area contributed by atoms with Crippen LogP contribution in [0.1, 0.15) is 39.5 Å². The second kappa shape index (κ2) is 13.9. The normalized spacial score (nSPS) is 15.4. The molecular formula is C18H30N4O10. The van der Waals surface area contributed by atoms with Gasteiger partial charge in [0.25, 0.3) is 0 Å². The number of nitrogens with two attached hydrogens (primary N) is 1. The van der Waals surface area contributed by atoms with E-state index in [1.165, 1.54) is 0 Å². The lowest BCUT2D eigenvalue weighted by molar-refractivity contribution is -0.144.